The molecule has 3 nitrogen and oxygen atoms in total. The number of rotatable bonds is 5. The van der Waals surface area contributed by atoms with Gasteiger partial charge in [0.2, 0.25) is 0 Å². The number of thiazole rings is 2. The second-order valence-corrected chi connectivity index (χ2v) is 8.56. The standard InChI is InChI=1S/C24H18N2OS2/c1-2-27-20-12-6-3-9-16(20)15-17(23-25-18-10-4-7-13-21(18)28-23)24-26-19-11-5-8-14-22(19)29-24/h3-15H,2H2,1H3. The van der Waals surface area contributed by atoms with Crippen LogP contribution in [-0.4, -0.2) is 16.6 Å². The normalized spacial score (nSPS) is 11.1. The van der Waals surface area contributed by atoms with E-state index in [1.807, 2.05) is 37.3 Å². The summed E-state index contributed by atoms with van der Waals surface area (Å²) in [7, 11) is 0. The number of para-hydroxylation sites is 3. The average molecular weight is 415 g/mol. The smallest absolute Gasteiger partial charge is 0.127 e. The summed E-state index contributed by atoms with van der Waals surface area (Å²) in [6.07, 6.45) is 2.15. The lowest BCUT2D eigenvalue weighted by Crippen LogP contribution is -1.94. The maximum atomic E-state index is 5.85. The molecule has 29 heavy (non-hydrogen) atoms. The minimum Gasteiger partial charge on any atom is -0.493 e. The Balaban J connectivity index is 1.72. The molecule has 0 unspecified atom stereocenters. The lowest BCUT2D eigenvalue weighted by atomic mass is 10.1. The summed E-state index contributed by atoms with van der Waals surface area (Å²) >= 11 is 3.39. The largest absolute Gasteiger partial charge is 0.493 e. The van der Waals surface area contributed by atoms with Crippen molar-refractivity contribution in [2.24, 2.45) is 0 Å². The Morgan fingerprint density at radius 2 is 1.34 bits per heavy atom. The number of aromatic nitrogens is 2. The van der Waals surface area contributed by atoms with Gasteiger partial charge in [-0.1, -0.05) is 42.5 Å². The molecule has 0 saturated heterocycles. The SMILES string of the molecule is CCOc1ccccc1C=C(c1nc2ccccc2s1)c1nc2ccccc2s1. The van der Waals surface area contributed by atoms with Crippen molar-refractivity contribution in [1.82, 2.24) is 9.97 Å². The second kappa shape index (κ2) is 7.78. The van der Waals surface area contributed by atoms with Gasteiger partial charge in [-0.05, 0) is 43.3 Å². The van der Waals surface area contributed by atoms with Crippen LogP contribution in [0.25, 0.3) is 32.1 Å². The Hall–Kier alpha value is -3.02. The molecule has 0 spiro atoms. The van der Waals surface area contributed by atoms with Gasteiger partial charge >= 0.3 is 0 Å². The van der Waals surface area contributed by atoms with E-state index in [0.29, 0.717) is 6.61 Å². The molecule has 0 aliphatic rings. The number of ether oxygens (including phenoxy) is 1. The Bertz CT molecular complexity index is 1190. The summed E-state index contributed by atoms with van der Waals surface area (Å²) in [6.45, 7) is 2.63. The molecular formula is C24H18N2OS2. The van der Waals surface area contributed by atoms with Crippen LogP contribution in [0.3, 0.4) is 0 Å². The van der Waals surface area contributed by atoms with Crippen LogP contribution in [0, 0.1) is 0 Å². The van der Waals surface area contributed by atoms with Crippen molar-refractivity contribution in [2.75, 3.05) is 6.61 Å². The Morgan fingerprint density at radius 3 is 1.93 bits per heavy atom. The van der Waals surface area contributed by atoms with Crippen LogP contribution < -0.4 is 4.74 Å². The van der Waals surface area contributed by atoms with Crippen molar-refractivity contribution in [2.45, 2.75) is 6.92 Å². The zero-order valence-corrected chi connectivity index (χ0v) is 17.5. The molecule has 2 aromatic heterocycles. The molecule has 0 atom stereocenters. The number of fused-ring (bicyclic) bond motifs is 2. The summed E-state index contributed by atoms with van der Waals surface area (Å²) in [5, 5.41) is 1.94. The molecule has 0 aliphatic heterocycles. The van der Waals surface area contributed by atoms with Gasteiger partial charge in [0.1, 0.15) is 15.8 Å². The molecule has 3 aromatic carbocycles. The highest BCUT2D eigenvalue weighted by atomic mass is 32.1. The topological polar surface area (TPSA) is 35.0 Å². The van der Waals surface area contributed by atoms with Gasteiger partial charge in [0.25, 0.3) is 0 Å². The van der Waals surface area contributed by atoms with Crippen LogP contribution in [0.15, 0.2) is 72.8 Å². The van der Waals surface area contributed by atoms with Crippen molar-refractivity contribution < 1.29 is 4.74 Å². The molecule has 2 heterocycles. The predicted octanol–water partition coefficient (Wildman–Crippen LogP) is 6.89. The molecule has 0 aliphatic carbocycles. The molecular weight excluding hydrogens is 396 g/mol. The average Bonchev–Trinajstić information content (AvgIpc) is 3.37. The minimum atomic E-state index is 0.627. The lowest BCUT2D eigenvalue weighted by Gasteiger charge is -2.08. The summed E-state index contributed by atoms with van der Waals surface area (Å²) in [5.74, 6) is 0.870. The highest BCUT2D eigenvalue weighted by Gasteiger charge is 2.16. The van der Waals surface area contributed by atoms with Crippen molar-refractivity contribution in [3.8, 4) is 5.75 Å². The van der Waals surface area contributed by atoms with Crippen molar-refractivity contribution in [3.05, 3.63) is 88.4 Å². The first kappa shape index (κ1) is 18.0. The van der Waals surface area contributed by atoms with Crippen LogP contribution in [0.1, 0.15) is 22.5 Å². The van der Waals surface area contributed by atoms with E-state index < -0.39 is 0 Å². The fourth-order valence-corrected chi connectivity index (χ4v) is 5.26. The first-order valence-corrected chi connectivity index (χ1v) is 11.1. The minimum absolute atomic E-state index is 0.627. The monoisotopic (exact) mass is 414 g/mol. The Labute approximate surface area is 177 Å². The van der Waals surface area contributed by atoms with E-state index in [4.69, 9.17) is 14.7 Å². The first-order valence-electron chi connectivity index (χ1n) is 9.47. The van der Waals surface area contributed by atoms with Gasteiger partial charge in [-0.25, -0.2) is 9.97 Å². The van der Waals surface area contributed by atoms with Crippen molar-refractivity contribution in [3.63, 3.8) is 0 Å². The molecule has 5 heteroatoms. The number of hydrogen-bond donors (Lipinski definition) is 0. The third-order valence-corrected chi connectivity index (χ3v) is 6.71. The molecule has 5 rings (SSSR count). The van der Waals surface area contributed by atoms with Gasteiger partial charge in [-0.3, -0.25) is 0 Å². The van der Waals surface area contributed by atoms with Crippen LogP contribution in [0.4, 0.5) is 0 Å². The van der Waals surface area contributed by atoms with Gasteiger partial charge in [0.15, 0.2) is 0 Å². The second-order valence-electron chi connectivity index (χ2n) is 6.50. The van der Waals surface area contributed by atoms with E-state index in [9.17, 15) is 0 Å². The molecule has 0 amide bonds. The molecule has 0 saturated carbocycles. The van der Waals surface area contributed by atoms with Crippen molar-refractivity contribution >= 4 is 54.8 Å². The summed E-state index contributed by atoms with van der Waals surface area (Å²) in [4.78, 5) is 9.82. The number of hydrogen-bond acceptors (Lipinski definition) is 5. The maximum absolute atomic E-state index is 5.85. The molecule has 142 valence electrons. The summed E-state index contributed by atoms with van der Waals surface area (Å²) in [5.41, 5.74) is 4.08. The van der Waals surface area contributed by atoms with Gasteiger partial charge < -0.3 is 4.74 Å². The van der Waals surface area contributed by atoms with Gasteiger partial charge in [0, 0.05) is 11.1 Å². The van der Waals surface area contributed by atoms with Gasteiger partial charge in [-0.15, -0.1) is 22.7 Å². The predicted molar refractivity (Wildman–Crippen MR) is 124 cm³/mol. The van der Waals surface area contributed by atoms with Gasteiger partial charge in [0.05, 0.1) is 27.0 Å². The number of nitrogens with zero attached hydrogens (tertiary/aromatic N) is 2. The lowest BCUT2D eigenvalue weighted by molar-refractivity contribution is 0.339. The first-order chi connectivity index (χ1) is 14.3. The summed E-state index contributed by atoms with van der Waals surface area (Å²) in [6, 6.07) is 24.6. The molecule has 5 aromatic rings. The highest BCUT2D eigenvalue weighted by Crippen LogP contribution is 2.37. The van der Waals surface area contributed by atoms with Crippen LogP contribution in [-0.2, 0) is 0 Å². The Morgan fingerprint density at radius 1 is 0.793 bits per heavy atom. The Kier molecular flexibility index (Phi) is 4.84. The van der Waals surface area contributed by atoms with Crippen LogP contribution >= 0.6 is 22.7 Å². The summed E-state index contributed by atoms with van der Waals surface area (Å²) < 4.78 is 8.20. The van der Waals surface area contributed by atoms with E-state index in [0.717, 1.165) is 37.9 Å². The van der Waals surface area contributed by atoms with E-state index in [-0.39, 0.29) is 0 Å². The van der Waals surface area contributed by atoms with Crippen molar-refractivity contribution in [1.29, 1.82) is 0 Å². The van der Waals surface area contributed by atoms with Gasteiger partial charge in [-0.2, -0.15) is 0 Å². The zero-order chi connectivity index (χ0) is 19.6. The van der Waals surface area contributed by atoms with Crippen LogP contribution in [0.2, 0.25) is 0 Å². The zero-order valence-electron chi connectivity index (χ0n) is 15.8. The van der Waals surface area contributed by atoms with E-state index in [2.05, 4.69) is 48.5 Å². The van der Waals surface area contributed by atoms with Crippen LogP contribution in [0.5, 0.6) is 5.75 Å². The highest BCUT2D eigenvalue weighted by molar-refractivity contribution is 7.22. The fourth-order valence-electron chi connectivity index (χ4n) is 3.23. The molecule has 0 fully saturated rings. The molecule has 0 N–H and O–H groups in total. The molecule has 0 radical (unpaired) electrons. The maximum Gasteiger partial charge on any atom is 0.127 e. The van der Waals surface area contributed by atoms with E-state index >= 15 is 0 Å². The third-order valence-electron chi connectivity index (χ3n) is 4.57. The number of benzene rings is 3. The van der Waals surface area contributed by atoms with E-state index in [1.54, 1.807) is 22.7 Å². The molecule has 0 bridgehead atoms. The van der Waals surface area contributed by atoms with E-state index in [1.165, 1.54) is 9.40 Å². The quantitative estimate of drug-likeness (QED) is 0.314. The third kappa shape index (κ3) is 3.55. The fraction of sp³-hybridized carbons (Fsp3) is 0.0833.